The molecule has 3 fully saturated rings. The fraction of sp³-hybridized carbons (Fsp3) is 0.684. The zero-order valence-electron chi connectivity index (χ0n) is 16.4. The molecule has 3 aliphatic rings. The van der Waals surface area contributed by atoms with Crippen LogP contribution in [0.4, 0.5) is 0 Å². The Balaban J connectivity index is 1.61. The Hall–Kier alpha value is -1.45. The van der Waals surface area contributed by atoms with Gasteiger partial charge in [-0.2, -0.15) is 11.3 Å². The van der Waals surface area contributed by atoms with Crippen LogP contribution in [0.2, 0.25) is 0 Å². The Morgan fingerprint density at radius 3 is 2.43 bits per heavy atom. The van der Waals surface area contributed by atoms with Gasteiger partial charge in [-0.3, -0.25) is 9.59 Å². The van der Waals surface area contributed by atoms with Crippen LogP contribution in [0.5, 0.6) is 0 Å². The van der Waals surface area contributed by atoms with E-state index in [1.165, 1.54) is 21.9 Å². The minimum Gasteiger partial charge on any atom is -0.342 e. The van der Waals surface area contributed by atoms with Crippen molar-refractivity contribution in [2.24, 2.45) is 10.8 Å². The predicted octanol–water partition coefficient (Wildman–Crippen LogP) is 1.48. The van der Waals surface area contributed by atoms with E-state index in [4.69, 9.17) is 0 Å². The fourth-order valence-electron chi connectivity index (χ4n) is 5.37. The van der Waals surface area contributed by atoms with Crippen LogP contribution in [-0.4, -0.2) is 79.9 Å². The number of fused-ring (bicyclic) bond motifs is 1. The molecule has 1 aromatic rings. The second kappa shape index (κ2) is 6.81. The van der Waals surface area contributed by atoms with Crippen molar-refractivity contribution >= 4 is 33.2 Å². The summed E-state index contributed by atoms with van der Waals surface area (Å²) in [5, 5.41) is 3.75. The summed E-state index contributed by atoms with van der Waals surface area (Å²) >= 11 is 1.50. The topological polar surface area (TPSA) is 78.0 Å². The van der Waals surface area contributed by atoms with E-state index >= 15 is 0 Å². The molecular weight excluding hydrogens is 398 g/mol. The monoisotopic (exact) mass is 425 g/mol. The van der Waals surface area contributed by atoms with Crippen molar-refractivity contribution in [1.82, 2.24) is 14.1 Å². The van der Waals surface area contributed by atoms with Crippen molar-refractivity contribution in [3.63, 3.8) is 0 Å². The number of hydrogen-bond acceptors (Lipinski definition) is 5. The molecule has 7 nitrogen and oxygen atoms in total. The molecule has 154 valence electrons. The van der Waals surface area contributed by atoms with Crippen LogP contribution in [0, 0.1) is 10.8 Å². The van der Waals surface area contributed by atoms with E-state index in [1.54, 1.807) is 0 Å². The highest BCUT2D eigenvalue weighted by Crippen LogP contribution is 2.58. The lowest BCUT2D eigenvalue weighted by Gasteiger charge is -2.46. The molecule has 0 radical (unpaired) electrons. The highest BCUT2D eigenvalue weighted by molar-refractivity contribution is 7.88. The van der Waals surface area contributed by atoms with E-state index < -0.39 is 15.4 Å². The summed E-state index contributed by atoms with van der Waals surface area (Å²) in [5.74, 6) is 0.120. The first kappa shape index (κ1) is 19.8. The second-order valence-electron chi connectivity index (χ2n) is 8.33. The summed E-state index contributed by atoms with van der Waals surface area (Å²) in [6.07, 6.45) is 3.26. The SMILES string of the molecule is CCN1CC[C@@]2(CN(S(C)(=O)=O)CC23CCN(C(=O)c2ccsc2)CC3)C1=O. The second-order valence-corrected chi connectivity index (χ2v) is 11.1. The molecule has 0 aromatic carbocycles. The lowest BCUT2D eigenvalue weighted by molar-refractivity contribution is -0.141. The molecule has 0 unspecified atom stereocenters. The maximum Gasteiger partial charge on any atom is 0.254 e. The van der Waals surface area contributed by atoms with E-state index in [0.717, 1.165) is 0 Å². The fourth-order valence-corrected chi connectivity index (χ4v) is 6.93. The number of nitrogens with zero attached hydrogens (tertiary/aromatic N) is 3. The van der Waals surface area contributed by atoms with Gasteiger partial charge in [0.1, 0.15) is 0 Å². The van der Waals surface area contributed by atoms with Crippen LogP contribution < -0.4 is 0 Å². The molecule has 0 bridgehead atoms. The lowest BCUT2D eigenvalue weighted by atomic mass is 9.60. The normalized spacial score (nSPS) is 28.0. The van der Waals surface area contributed by atoms with Gasteiger partial charge in [0.15, 0.2) is 0 Å². The zero-order chi connectivity index (χ0) is 20.2. The molecular formula is C19H27N3O4S2. The maximum absolute atomic E-state index is 13.3. The molecule has 2 amide bonds. The number of sulfonamides is 1. The molecule has 0 N–H and O–H groups in total. The number of hydrogen-bond donors (Lipinski definition) is 0. The maximum atomic E-state index is 13.3. The average Bonchev–Trinajstić information content (AvgIpc) is 3.36. The van der Waals surface area contributed by atoms with Gasteiger partial charge in [-0.25, -0.2) is 12.7 Å². The van der Waals surface area contributed by atoms with E-state index in [0.29, 0.717) is 57.5 Å². The first-order valence-corrected chi connectivity index (χ1v) is 12.6. The number of amides is 2. The van der Waals surface area contributed by atoms with Gasteiger partial charge in [0.05, 0.1) is 17.2 Å². The summed E-state index contributed by atoms with van der Waals surface area (Å²) < 4.78 is 26.1. The molecule has 0 aliphatic carbocycles. The van der Waals surface area contributed by atoms with Crippen LogP contribution in [0.25, 0.3) is 0 Å². The van der Waals surface area contributed by atoms with Crippen LogP contribution in [-0.2, 0) is 14.8 Å². The Bertz CT molecular complexity index is 875. The first-order chi connectivity index (χ1) is 13.2. The Morgan fingerprint density at radius 2 is 1.89 bits per heavy atom. The number of carbonyl (C=O) groups excluding carboxylic acids is 2. The van der Waals surface area contributed by atoms with Crippen LogP contribution in [0.15, 0.2) is 16.8 Å². The third-order valence-electron chi connectivity index (χ3n) is 7.07. The lowest BCUT2D eigenvalue weighted by Crippen LogP contribution is -2.53. The molecule has 1 atom stereocenters. The van der Waals surface area contributed by atoms with Gasteiger partial charge in [-0.05, 0) is 37.6 Å². The minimum absolute atomic E-state index is 0.0241. The molecule has 4 heterocycles. The van der Waals surface area contributed by atoms with E-state index in [2.05, 4.69) is 0 Å². The van der Waals surface area contributed by atoms with E-state index in [9.17, 15) is 18.0 Å². The number of likely N-dealkylation sites (tertiary alicyclic amines) is 2. The number of thiophene rings is 1. The minimum atomic E-state index is -3.37. The average molecular weight is 426 g/mol. The summed E-state index contributed by atoms with van der Waals surface area (Å²) in [6.45, 7) is 5.09. The molecule has 3 saturated heterocycles. The highest BCUT2D eigenvalue weighted by Gasteiger charge is 2.66. The summed E-state index contributed by atoms with van der Waals surface area (Å²) in [5.41, 5.74) is -0.333. The molecule has 9 heteroatoms. The van der Waals surface area contributed by atoms with Gasteiger partial charge in [0, 0.05) is 50.1 Å². The summed E-state index contributed by atoms with van der Waals surface area (Å²) in [4.78, 5) is 29.8. The molecule has 1 aromatic heterocycles. The predicted molar refractivity (Wildman–Crippen MR) is 108 cm³/mol. The van der Waals surface area contributed by atoms with Gasteiger partial charge in [0.25, 0.3) is 5.91 Å². The van der Waals surface area contributed by atoms with E-state index in [-0.39, 0.29) is 23.8 Å². The summed E-state index contributed by atoms with van der Waals surface area (Å²) in [6, 6.07) is 1.83. The number of carbonyl (C=O) groups is 2. The van der Waals surface area contributed by atoms with E-state index in [1.807, 2.05) is 33.6 Å². The van der Waals surface area contributed by atoms with Gasteiger partial charge in [-0.15, -0.1) is 0 Å². The highest BCUT2D eigenvalue weighted by atomic mass is 32.2. The van der Waals surface area contributed by atoms with Crippen LogP contribution in [0.3, 0.4) is 0 Å². The quantitative estimate of drug-likeness (QED) is 0.735. The molecule has 2 spiro atoms. The first-order valence-electron chi connectivity index (χ1n) is 9.78. The van der Waals surface area contributed by atoms with Crippen LogP contribution >= 0.6 is 11.3 Å². The van der Waals surface area contributed by atoms with Crippen molar-refractivity contribution in [2.45, 2.75) is 26.2 Å². The number of rotatable bonds is 3. The van der Waals surface area contributed by atoms with Crippen LogP contribution in [0.1, 0.15) is 36.5 Å². The van der Waals surface area contributed by atoms with Crippen molar-refractivity contribution in [2.75, 3.05) is 45.5 Å². The Labute approximate surface area is 170 Å². The third-order valence-corrected chi connectivity index (χ3v) is 8.95. The smallest absolute Gasteiger partial charge is 0.254 e. The molecule has 28 heavy (non-hydrogen) atoms. The third kappa shape index (κ3) is 2.90. The van der Waals surface area contributed by atoms with Gasteiger partial charge >= 0.3 is 0 Å². The van der Waals surface area contributed by atoms with Gasteiger partial charge < -0.3 is 9.80 Å². The standard InChI is InChI=1S/C19H27N3O4S2/c1-3-20-10-7-19(17(20)24)14-22(28(2,25)26)13-18(19)5-8-21(9-6-18)16(23)15-4-11-27-12-15/h4,11-12H,3,5-10,13-14H2,1-2H3/t19-/m1/s1. The number of piperidine rings is 1. The molecule has 0 saturated carbocycles. The Kier molecular flexibility index (Phi) is 4.83. The van der Waals surface area contributed by atoms with Crippen molar-refractivity contribution in [1.29, 1.82) is 0 Å². The largest absolute Gasteiger partial charge is 0.342 e. The van der Waals surface area contributed by atoms with Gasteiger partial charge in [-0.1, -0.05) is 0 Å². The van der Waals surface area contributed by atoms with Crippen molar-refractivity contribution < 1.29 is 18.0 Å². The van der Waals surface area contributed by atoms with Crippen molar-refractivity contribution in [3.8, 4) is 0 Å². The zero-order valence-corrected chi connectivity index (χ0v) is 18.0. The molecule has 4 rings (SSSR count). The summed E-state index contributed by atoms with van der Waals surface area (Å²) in [7, 11) is -3.37. The van der Waals surface area contributed by atoms with Gasteiger partial charge in [0.2, 0.25) is 15.9 Å². The molecule has 3 aliphatic heterocycles. The Morgan fingerprint density at radius 1 is 1.18 bits per heavy atom. The van der Waals surface area contributed by atoms with Crippen molar-refractivity contribution in [3.05, 3.63) is 22.4 Å².